The first kappa shape index (κ1) is 9.05. The summed E-state index contributed by atoms with van der Waals surface area (Å²) in [5.41, 5.74) is 1.43. The summed E-state index contributed by atoms with van der Waals surface area (Å²) in [6, 6.07) is 10.6. The first-order chi connectivity index (χ1) is 5.93. The highest BCUT2D eigenvalue weighted by molar-refractivity contribution is 5.14. The van der Waals surface area contributed by atoms with E-state index in [4.69, 9.17) is 6.58 Å². The van der Waals surface area contributed by atoms with Crippen LogP contribution in [-0.4, -0.2) is 0 Å². The predicted molar refractivity (Wildman–Crippen MR) is 52.9 cm³/mol. The van der Waals surface area contributed by atoms with Gasteiger partial charge in [-0.15, -0.1) is 0 Å². The van der Waals surface area contributed by atoms with Crippen molar-refractivity contribution in [3.8, 4) is 0 Å². The molecule has 1 rings (SSSR count). The summed E-state index contributed by atoms with van der Waals surface area (Å²) in [5, 5.41) is 0. The lowest BCUT2D eigenvalue weighted by molar-refractivity contribution is 0.748. The Labute approximate surface area is 74.9 Å². The maximum absolute atomic E-state index is 5.28. The first-order valence-corrected chi connectivity index (χ1v) is 4.51. The van der Waals surface area contributed by atoms with Crippen LogP contribution in [0.3, 0.4) is 0 Å². The van der Waals surface area contributed by atoms with E-state index >= 15 is 0 Å². The summed E-state index contributed by atoms with van der Waals surface area (Å²) in [6.07, 6.45) is 6.38. The van der Waals surface area contributed by atoms with E-state index in [1.54, 1.807) is 6.08 Å². The van der Waals surface area contributed by atoms with E-state index in [-0.39, 0.29) is 0 Å². The fraction of sp³-hybridized carbons (Fsp3) is 0.333. The molecular formula is C12H15. The van der Waals surface area contributed by atoms with Crippen molar-refractivity contribution in [3.05, 3.63) is 48.6 Å². The monoisotopic (exact) mass is 159 g/mol. The van der Waals surface area contributed by atoms with Crippen LogP contribution in [0.25, 0.3) is 0 Å². The maximum Gasteiger partial charge on any atom is -0.0279 e. The van der Waals surface area contributed by atoms with Crippen molar-refractivity contribution >= 4 is 0 Å². The van der Waals surface area contributed by atoms with Crippen molar-refractivity contribution in [1.82, 2.24) is 0 Å². The van der Waals surface area contributed by atoms with Gasteiger partial charge in [-0.3, -0.25) is 0 Å². The highest BCUT2D eigenvalue weighted by Crippen LogP contribution is 2.05. The molecule has 0 aliphatic carbocycles. The first-order valence-electron chi connectivity index (χ1n) is 4.51. The second-order valence-electron chi connectivity index (χ2n) is 2.97. The molecule has 0 unspecified atom stereocenters. The molecule has 0 fully saturated rings. The summed E-state index contributed by atoms with van der Waals surface area (Å²) in [5.74, 6) is 0. The smallest absolute Gasteiger partial charge is 0.0279 e. The van der Waals surface area contributed by atoms with Crippen LogP contribution in [0.4, 0.5) is 0 Å². The Kier molecular flexibility index (Phi) is 4.22. The molecule has 0 bridgehead atoms. The lowest BCUT2D eigenvalue weighted by Crippen LogP contribution is -1.83. The Bertz CT molecular complexity index is 211. The van der Waals surface area contributed by atoms with Gasteiger partial charge in [0.1, 0.15) is 0 Å². The fourth-order valence-corrected chi connectivity index (χ4v) is 1.24. The summed E-state index contributed by atoms with van der Waals surface area (Å²) < 4.78 is 0. The molecule has 0 heterocycles. The number of rotatable bonds is 5. The van der Waals surface area contributed by atoms with Gasteiger partial charge in [0.05, 0.1) is 0 Å². The number of benzene rings is 1. The Morgan fingerprint density at radius 1 is 1.08 bits per heavy atom. The van der Waals surface area contributed by atoms with E-state index < -0.39 is 0 Å². The second-order valence-corrected chi connectivity index (χ2v) is 2.97. The third-order valence-corrected chi connectivity index (χ3v) is 1.93. The van der Waals surface area contributed by atoms with Crippen molar-refractivity contribution in [2.24, 2.45) is 0 Å². The van der Waals surface area contributed by atoms with Crippen LogP contribution in [0.5, 0.6) is 0 Å². The summed E-state index contributed by atoms with van der Waals surface area (Å²) >= 11 is 0. The van der Waals surface area contributed by atoms with Gasteiger partial charge in [-0.1, -0.05) is 43.0 Å². The summed E-state index contributed by atoms with van der Waals surface area (Å²) in [6.45, 7) is 5.28. The van der Waals surface area contributed by atoms with E-state index in [1.807, 2.05) is 0 Å². The number of hydrogen-bond acceptors (Lipinski definition) is 0. The van der Waals surface area contributed by atoms with Gasteiger partial charge < -0.3 is 0 Å². The molecule has 1 radical (unpaired) electrons. The molecular weight excluding hydrogens is 144 g/mol. The summed E-state index contributed by atoms with van der Waals surface area (Å²) in [4.78, 5) is 0. The Balaban J connectivity index is 2.20. The minimum Gasteiger partial charge on any atom is -0.0845 e. The molecule has 12 heavy (non-hydrogen) atoms. The topological polar surface area (TPSA) is 0 Å². The zero-order valence-corrected chi connectivity index (χ0v) is 7.37. The molecule has 0 atom stereocenters. The molecule has 63 valence electrons. The van der Waals surface area contributed by atoms with Gasteiger partial charge in [0.25, 0.3) is 0 Å². The van der Waals surface area contributed by atoms with E-state index in [1.165, 1.54) is 24.8 Å². The Hall–Kier alpha value is -1.04. The average molecular weight is 159 g/mol. The normalized spacial score (nSPS) is 9.67. The second kappa shape index (κ2) is 5.59. The molecule has 0 aliphatic heterocycles. The van der Waals surface area contributed by atoms with Crippen LogP contribution in [-0.2, 0) is 6.42 Å². The minimum atomic E-state index is 1.03. The molecule has 0 saturated carbocycles. The number of hydrogen-bond donors (Lipinski definition) is 0. The van der Waals surface area contributed by atoms with Gasteiger partial charge >= 0.3 is 0 Å². The predicted octanol–water partition coefficient (Wildman–Crippen LogP) is 3.39. The molecule has 0 nitrogen and oxygen atoms in total. The molecule has 0 aliphatic rings. The fourth-order valence-electron chi connectivity index (χ4n) is 1.24. The van der Waals surface area contributed by atoms with Gasteiger partial charge in [0.2, 0.25) is 0 Å². The zero-order chi connectivity index (χ0) is 8.65. The molecule has 1 aromatic carbocycles. The van der Waals surface area contributed by atoms with Gasteiger partial charge in [-0.05, 0) is 31.2 Å². The third kappa shape index (κ3) is 3.38. The van der Waals surface area contributed by atoms with Crippen molar-refractivity contribution in [3.63, 3.8) is 0 Å². The number of allylic oxidation sites excluding steroid dienone is 1. The Morgan fingerprint density at radius 2 is 1.83 bits per heavy atom. The van der Waals surface area contributed by atoms with Crippen LogP contribution in [0.1, 0.15) is 24.8 Å². The quantitative estimate of drug-likeness (QED) is 0.578. The van der Waals surface area contributed by atoms with Crippen LogP contribution in [0.2, 0.25) is 0 Å². The van der Waals surface area contributed by atoms with E-state index in [0.29, 0.717) is 0 Å². The third-order valence-electron chi connectivity index (χ3n) is 1.93. The van der Waals surface area contributed by atoms with Gasteiger partial charge in [0, 0.05) is 0 Å². The highest BCUT2D eigenvalue weighted by Gasteiger charge is 1.89. The molecule has 0 heteroatoms. The van der Waals surface area contributed by atoms with Crippen LogP contribution >= 0.6 is 0 Å². The molecule has 1 aromatic rings. The lowest BCUT2D eigenvalue weighted by Gasteiger charge is -1.98. The molecule has 0 N–H and O–H groups in total. The van der Waals surface area contributed by atoms with Crippen molar-refractivity contribution in [2.45, 2.75) is 25.7 Å². The van der Waals surface area contributed by atoms with Crippen LogP contribution in [0.15, 0.2) is 36.4 Å². The van der Waals surface area contributed by atoms with Gasteiger partial charge in [0.15, 0.2) is 0 Å². The standard InChI is InChI=1S/C12H15/c1-2-3-4-6-9-12-10-7-5-8-11-12/h1-2,5,7-8,10-11H,3-4,6,9H2. The summed E-state index contributed by atoms with van der Waals surface area (Å²) in [7, 11) is 0. The number of unbranched alkanes of at least 4 members (excludes halogenated alkanes) is 2. The van der Waals surface area contributed by atoms with Crippen LogP contribution < -0.4 is 0 Å². The molecule has 0 spiro atoms. The SMILES string of the molecule is [CH]=CCCCCc1ccccc1. The van der Waals surface area contributed by atoms with Crippen molar-refractivity contribution in [1.29, 1.82) is 0 Å². The highest BCUT2D eigenvalue weighted by atomic mass is 14.0. The largest absolute Gasteiger partial charge is 0.0845 e. The minimum absolute atomic E-state index is 1.03. The Morgan fingerprint density at radius 3 is 2.50 bits per heavy atom. The van der Waals surface area contributed by atoms with Crippen molar-refractivity contribution in [2.75, 3.05) is 0 Å². The van der Waals surface area contributed by atoms with E-state index in [2.05, 4.69) is 30.3 Å². The molecule has 0 saturated heterocycles. The lowest BCUT2D eigenvalue weighted by atomic mass is 10.1. The van der Waals surface area contributed by atoms with Gasteiger partial charge in [-0.25, -0.2) is 0 Å². The maximum atomic E-state index is 5.28. The molecule has 0 amide bonds. The average Bonchev–Trinajstić information content (AvgIpc) is 2.14. The van der Waals surface area contributed by atoms with Crippen molar-refractivity contribution < 1.29 is 0 Å². The number of aryl methyl sites for hydroxylation is 1. The van der Waals surface area contributed by atoms with E-state index in [9.17, 15) is 0 Å². The van der Waals surface area contributed by atoms with Crippen LogP contribution in [0, 0.1) is 6.58 Å². The van der Waals surface area contributed by atoms with Gasteiger partial charge in [-0.2, -0.15) is 0 Å². The molecule has 0 aromatic heterocycles. The van der Waals surface area contributed by atoms with E-state index in [0.717, 1.165) is 6.42 Å². The zero-order valence-electron chi connectivity index (χ0n) is 7.37.